The maximum Gasteiger partial charge on any atom is 0.410 e. The Labute approximate surface area is 136 Å². The molecular formula is C15H14N4O5. The van der Waals surface area contributed by atoms with Crippen molar-refractivity contribution >= 4 is 18.1 Å². The number of fused-ring (bicyclic) bond motifs is 1. The number of ether oxygens (including phenoxy) is 1. The first-order chi connectivity index (χ1) is 11.6. The summed E-state index contributed by atoms with van der Waals surface area (Å²) in [6.45, 7) is 1.20. The van der Waals surface area contributed by atoms with Gasteiger partial charge < -0.3 is 9.30 Å². The van der Waals surface area contributed by atoms with Crippen LogP contribution in [0.3, 0.4) is 0 Å². The number of hydrogen-bond donors (Lipinski definition) is 0. The number of amides is 1. The average Bonchev–Trinajstić information content (AvgIpc) is 3.02. The summed E-state index contributed by atoms with van der Waals surface area (Å²) in [5.74, 6) is 0.635. The highest BCUT2D eigenvalue weighted by Gasteiger charge is 2.24. The Bertz CT molecular complexity index is 784. The van der Waals surface area contributed by atoms with Crippen molar-refractivity contribution in [3.8, 4) is 0 Å². The zero-order valence-corrected chi connectivity index (χ0v) is 12.6. The van der Waals surface area contributed by atoms with E-state index in [0.717, 1.165) is 6.29 Å². The summed E-state index contributed by atoms with van der Waals surface area (Å²) in [6, 6.07) is 5.82. The van der Waals surface area contributed by atoms with Crippen molar-refractivity contribution in [2.24, 2.45) is 0 Å². The van der Waals surface area contributed by atoms with Crippen molar-refractivity contribution in [2.45, 2.75) is 19.7 Å². The molecule has 3 rings (SSSR count). The first kappa shape index (κ1) is 15.7. The van der Waals surface area contributed by atoms with E-state index in [4.69, 9.17) is 4.74 Å². The molecule has 0 fully saturated rings. The number of nitro groups is 1. The van der Waals surface area contributed by atoms with Crippen LogP contribution in [0.25, 0.3) is 0 Å². The van der Waals surface area contributed by atoms with Crippen LogP contribution in [0.4, 0.5) is 10.5 Å². The minimum absolute atomic E-state index is 0.0149. The van der Waals surface area contributed by atoms with Gasteiger partial charge in [0.05, 0.1) is 17.7 Å². The van der Waals surface area contributed by atoms with Gasteiger partial charge >= 0.3 is 6.09 Å². The van der Waals surface area contributed by atoms with E-state index in [1.54, 1.807) is 16.7 Å². The minimum Gasteiger partial charge on any atom is -0.445 e. The van der Waals surface area contributed by atoms with E-state index >= 15 is 0 Å². The average molecular weight is 330 g/mol. The molecule has 0 bridgehead atoms. The van der Waals surface area contributed by atoms with Gasteiger partial charge in [0, 0.05) is 25.2 Å². The van der Waals surface area contributed by atoms with Crippen LogP contribution in [0.1, 0.15) is 21.9 Å². The molecule has 0 spiro atoms. The van der Waals surface area contributed by atoms with E-state index in [2.05, 4.69) is 4.98 Å². The molecule has 2 aromatic rings. The van der Waals surface area contributed by atoms with Crippen LogP contribution in [0.15, 0.2) is 30.5 Å². The summed E-state index contributed by atoms with van der Waals surface area (Å²) in [7, 11) is 0. The van der Waals surface area contributed by atoms with Gasteiger partial charge in [-0.3, -0.25) is 19.8 Å². The lowest BCUT2D eigenvalue weighted by Crippen LogP contribution is -2.39. The monoisotopic (exact) mass is 330 g/mol. The normalized spacial score (nSPS) is 13.2. The number of carbonyl (C=O) groups excluding carboxylic acids is 2. The summed E-state index contributed by atoms with van der Waals surface area (Å²) in [4.78, 5) is 38.7. The molecule has 2 heterocycles. The van der Waals surface area contributed by atoms with Gasteiger partial charge in [-0.15, -0.1) is 0 Å². The largest absolute Gasteiger partial charge is 0.445 e. The molecule has 9 heteroatoms. The molecule has 0 saturated heterocycles. The lowest BCUT2D eigenvalue weighted by molar-refractivity contribution is -0.384. The Hall–Kier alpha value is -3.23. The predicted octanol–water partition coefficient (Wildman–Crippen LogP) is 1.76. The standard InChI is InChI=1S/C15H14N4O5/c20-9-13-7-16-14-8-17(5-6-18(13)14)15(21)24-10-11-1-3-12(4-2-11)19(22)23/h1-4,7,9H,5-6,8,10H2. The SMILES string of the molecule is O=Cc1cnc2n1CCN(C(=O)OCc1ccc([N+](=O)[O-])cc1)C2. The Morgan fingerprint density at radius 2 is 2.08 bits per heavy atom. The molecular weight excluding hydrogens is 316 g/mol. The molecule has 0 saturated carbocycles. The van der Waals surface area contributed by atoms with Crippen molar-refractivity contribution in [1.82, 2.24) is 14.5 Å². The third kappa shape index (κ3) is 3.09. The lowest BCUT2D eigenvalue weighted by Gasteiger charge is -2.27. The zero-order valence-electron chi connectivity index (χ0n) is 12.6. The highest BCUT2D eigenvalue weighted by Crippen LogP contribution is 2.16. The minimum atomic E-state index is -0.491. The van der Waals surface area contributed by atoms with Crippen LogP contribution in [0, 0.1) is 10.1 Å². The van der Waals surface area contributed by atoms with Gasteiger partial charge in [-0.2, -0.15) is 0 Å². The van der Waals surface area contributed by atoms with E-state index in [-0.39, 0.29) is 18.8 Å². The summed E-state index contributed by atoms with van der Waals surface area (Å²) in [5, 5.41) is 10.6. The molecule has 0 unspecified atom stereocenters. The molecule has 0 aliphatic carbocycles. The van der Waals surface area contributed by atoms with E-state index in [1.165, 1.54) is 23.2 Å². The number of carbonyl (C=O) groups is 2. The zero-order chi connectivity index (χ0) is 17.1. The Morgan fingerprint density at radius 3 is 2.75 bits per heavy atom. The van der Waals surface area contributed by atoms with Crippen LogP contribution in [0.2, 0.25) is 0 Å². The number of aromatic nitrogens is 2. The van der Waals surface area contributed by atoms with Gasteiger partial charge in [0.15, 0.2) is 6.29 Å². The molecule has 1 aliphatic rings. The quantitative estimate of drug-likeness (QED) is 0.480. The molecule has 24 heavy (non-hydrogen) atoms. The number of nitro benzene ring substituents is 1. The van der Waals surface area contributed by atoms with E-state index in [1.807, 2.05) is 0 Å². The Balaban J connectivity index is 1.57. The van der Waals surface area contributed by atoms with Crippen LogP contribution < -0.4 is 0 Å². The first-order valence-electron chi connectivity index (χ1n) is 7.23. The molecule has 124 valence electrons. The summed E-state index contributed by atoms with van der Waals surface area (Å²) >= 11 is 0. The van der Waals surface area contributed by atoms with Crippen molar-refractivity contribution in [3.63, 3.8) is 0 Å². The predicted molar refractivity (Wildman–Crippen MR) is 81.3 cm³/mol. The Morgan fingerprint density at radius 1 is 1.33 bits per heavy atom. The van der Waals surface area contributed by atoms with Gasteiger partial charge in [0.25, 0.3) is 5.69 Å². The van der Waals surface area contributed by atoms with Crippen molar-refractivity contribution in [3.05, 3.63) is 57.7 Å². The van der Waals surface area contributed by atoms with Crippen LogP contribution in [-0.4, -0.2) is 38.3 Å². The summed E-state index contributed by atoms with van der Waals surface area (Å²) in [6.07, 6.45) is 1.72. The van der Waals surface area contributed by atoms with Crippen LogP contribution in [-0.2, 0) is 24.4 Å². The number of rotatable bonds is 4. The maximum absolute atomic E-state index is 12.1. The van der Waals surface area contributed by atoms with E-state index < -0.39 is 11.0 Å². The summed E-state index contributed by atoms with van der Waals surface area (Å²) < 4.78 is 7.00. The lowest BCUT2D eigenvalue weighted by atomic mass is 10.2. The Kier molecular flexibility index (Phi) is 4.23. The fourth-order valence-corrected chi connectivity index (χ4v) is 2.48. The molecule has 0 atom stereocenters. The molecule has 0 radical (unpaired) electrons. The first-order valence-corrected chi connectivity index (χ1v) is 7.23. The van der Waals surface area contributed by atoms with Crippen molar-refractivity contribution in [2.75, 3.05) is 6.54 Å². The van der Waals surface area contributed by atoms with Crippen LogP contribution >= 0.6 is 0 Å². The second-order valence-electron chi connectivity index (χ2n) is 5.27. The maximum atomic E-state index is 12.1. The van der Waals surface area contributed by atoms with E-state index in [9.17, 15) is 19.7 Å². The number of imidazole rings is 1. The molecule has 9 nitrogen and oxygen atoms in total. The highest BCUT2D eigenvalue weighted by molar-refractivity contribution is 5.72. The van der Waals surface area contributed by atoms with Crippen molar-refractivity contribution < 1.29 is 19.2 Å². The summed E-state index contributed by atoms with van der Waals surface area (Å²) in [5.41, 5.74) is 1.14. The van der Waals surface area contributed by atoms with Gasteiger partial charge in [0.1, 0.15) is 18.1 Å². The fourth-order valence-electron chi connectivity index (χ4n) is 2.48. The molecule has 1 amide bonds. The van der Waals surface area contributed by atoms with Gasteiger partial charge in [-0.1, -0.05) is 0 Å². The highest BCUT2D eigenvalue weighted by atomic mass is 16.6. The number of hydrogen-bond acceptors (Lipinski definition) is 6. The van der Waals surface area contributed by atoms with Gasteiger partial charge in [0.2, 0.25) is 0 Å². The number of benzene rings is 1. The molecule has 1 aromatic carbocycles. The third-order valence-corrected chi connectivity index (χ3v) is 3.78. The second-order valence-corrected chi connectivity index (χ2v) is 5.27. The second kappa shape index (κ2) is 6.49. The molecule has 0 N–H and O–H groups in total. The van der Waals surface area contributed by atoms with Gasteiger partial charge in [-0.25, -0.2) is 9.78 Å². The van der Waals surface area contributed by atoms with Crippen molar-refractivity contribution in [1.29, 1.82) is 0 Å². The van der Waals surface area contributed by atoms with Gasteiger partial charge in [-0.05, 0) is 17.7 Å². The third-order valence-electron chi connectivity index (χ3n) is 3.78. The number of aldehydes is 1. The molecule has 1 aliphatic heterocycles. The number of non-ortho nitro benzene ring substituents is 1. The van der Waals surface area contributed by atoms with E-state index in [0.29, 0.717) is 30.2 Å². The number of nitrogens with zero attached hydrogens (tertiary/aromatic N) is 4. The van der Waals surface area contributed by atoms with Crippen LogP contribution in [0.5, 0.6) is 0 Å². The topological polar surface area (TPSA) is 108 Å². The fraction of sp³-hybridized carbons (Fsp3) is 0.267. The smallest absolute Gasteiger partial charge is 0.410 e. The molecule has 1 aromatic heterocycles.